The van der Waals surface area contributed by atoms with Gasteiger partial charge in [-0.1, -0.05) is 18.2 Å². The molecule has 2 amide bonds. The maximum atomic E-state index is 11.0. The summed E-state index contributed by atoms with van der Waals surface area (Å²) < 4.78 is 0. The van der Waals surface area contributed by atoms with Crippen LogP contribution in [0.3, 0.4) is 0 Å². The Bertz CT molecular complexity index is 254. The summed E-state index contributed by atoms with van der Waals surface area (Å²) >= 11 is 0. The van der Waals surface area contributed by atoms with Gasteiger partial charge in [-0.05, 0) is 19.1 Å². The van der Waals surface area contributed by atoms with Gasteiger partial charge < -0.3 is 10.6 Å². The second-order valence-electron chi connectivity index (χ2n) is 2.35. The van der Waals surface area contributed by atoms with Gasteiger partial charge in [-0.25, -0.2) is 4.79 Å². The van der Waals surface area contributed by atoms with Gasteiger partial charge in [0.1, 0.15) is 0 Å². The van der Waals surface area contributed by atoms with Crippen molar-refractivity contribution in [1.82, 2.24) is 5.32 Å². The van der Waals surface area contributed by atoms with E-state index in [1.807, 2.05) is 37.3 Å². The number of anilines is 1. The average Bonchev–Trinajstić information content (AvgIpc) is 2.06. The molecule has 3 nitrogen and oxygen atoms in total. The molecule has 0 aliphatic heterocycles. The maximum Gasteiger partial charge on any atom is 0.319 e. The molecule has 1 aromatic carbocycles. The number of hydrogen-bond donors (Lipinski definition) is 2. The van der Waals surface area contributed by atoms with E-state index in [0.29, 0.717) is 6.54 Å². The second kappa shape index (κ2) is 4.38. The summed E-state index contributed by atoms with van der Waals surface area (Å²) in [5, 5.41) is 5.34. The minimum Gasteiger partial charge on any atom is -0.338 e. The van der Waals surface area contributed by atoms with Crippen LogP contribution in [-0.4, -0.2) is 12.6 Å². The van der Waals surface area contributed by atoms with Crippen molar-refractivity contribution in [3.8, 4) is 0 Å². The molecule has 0 bridgehead atoms. The number of amides is 2. The van der Waals surface area contributed by atoms with Crippen LogP contribution in [0.15, 0.2) is 30.3 Å². The number of urea groups is 1. The number of para-hydroxylation sites is 1. The molecule has 0 radical (unpaired) electrons. The van der Waals surface area contributed by atoms with Crippen LogP contribution in [-0.2, 0) is 0 Å². The number of benzene rings is 1. The first-order valence-electron chi connectivity index (χ1n) is 3.93. The summed E-state index contributed by atoms with van der Waals surface area (Å²) in [7, 11) is 0. The first-order chi connectivity index (χ1) is 5.83. The van der Waals surface area contributed by atoms with Crippen LogP contribution in [0.1, 0.15) is 9.78 Å². The van der Waals surface area contributed by atoms with E-state index >= 15 is 0 Å². The van der Waals surface area contributed by atoms with Crippen LogP contribution < -0.4 is 10.6 Å². The SMILES string of the molecule is CCNC(=O)Nc1ccccc1.[HH].[HH]. The monoisotopic (exact) mass is 168 g/mol. The van der Waals surface area contributed by atoms with E-state index in [4.69, 9.17) is 0 Å². The summed E-state index contributed by atoms with van der Waals surface area (Å²) in [6.45, 7) is 2.52. The van der Waals surface area contributed by atoms with Crippen molar-refractivity contribution in [2.75, 3.05) is 11.9 Å². The Morgan fingerprint density at radius 2 is 2.08 bits per heavy atom. The van der Waals surface area contributed by atoms with E-state index in [-0.39, 0.29) is 8.88 Å². The molecule has 1 aromatic rings. The van der Waals surface area contributed by atoms with Crippen molar-refractivity contribution in [2.24, 2.45) is 0 Å². The highest BCUT2D eigenvalue weighted by molar-refractivity contribution is 5.89. The molecule has 0 fully saturated rings. The molecule has 0 atom stereocenters. The molecule has 3 heteroatoms. The molecule has 68 valence electrons. The quantitative estimate of drug-likeness (QED) is 0.699. The third-order valence-corrected chi connectivity index (χ3v) is 1.37. The van der Waals surface area contributed by atoms with Crippen molar-refractivity contribution in [3.63, 3.8) is 0 Å². The van der Waals surface area contributed by atoms with Crippen LogP contribution in [0.4, 0.5) is 10.5 Å². The van der Waals surface area contributed by atoms with Crippen LogP contribution in [0, 0.1) is 0 Å². The molecular formula is C9H16N2O. The van der Waals surface area contributed by atoms with Gasteiger partial charge in [-0.3, -0.25) is 0 Å². The smallest absolute Gasteiger partial charge is 0.319 e. The molecule has 0 heterocycles. The molecule has 0 aliphatic carbocycles. The van der Waals surface area contributed by atoms with E-state index < -0.39 is 0 Å². The third-order valence-electron chi connectivity index (χ3n) is 1.37. The lowest BCUT2D eigenvalue weighted by Crippen LogP contribution is -2.28. The molecule has 0 aliphatic rings. The topological polar surface area (TPSA) is 41.1 Å². The van der Waals surface area contributed by atoms with Crippen molar-refractivity contribution >= 4 is 11.7 Å². The first-order valence-corrected chi connectivity index (χ1v) is 3.93. The van der Waals surface area contributed by atoms with Gasteiger partial charge in [-0.15, -0.1) is 0 Å². The molecule has 0 aromatic heterocycles. The van der Waals surface area contributed by atoms with E-state index in [0.717, 1.165) is 5.69 Å². The van der Waals surface area contributed by atoms with Crippen molar-refractivity contribution in [3.05, 3.63) is 30.3 Å². The Morgan fingerprint density at radius 1 is 1.42 bits per heavy atom. The van der Waals surface area contributed by atoms with E-state index in [2.05, 4.69) is 10.6 Å². The fraction of sp³-hybridized carbons (Fsp3) is 0.222. The minimum atomic E-state index is -0.163. The highest BCUT2D eigenvalue weighted by atomic mass is 16.2. The van der Waals surface area contributed by atoms with Crippen molar-refractivity contribution in [1.29, 1.82) is 0 Å². The standard InChI is InChI=1S/C9H12N2O.2H2/c1-2-10-9(12)11-8-6-4-3-5-7-8;;/h3-7H,2H2,1H3,(H2,10,11,12);2*1H. The predicted molar refractivity (Wildman–Crippen MR) is 53.4 cm³/mol. The summed E-state index contributed by atoms with van der Waals surface area (Å²) in [6, 6.07) is 9.18. The molecule has 0 unspecified atom stereocenters. The molecule has 1 rings (SSSR count). The third kappa shape index (κ3) is 2.62. The lowest BCUT2D eigenvalue weighted by Gasteiger charge is -2.04. The second-order valence-corrected chi connectivity index (χ2v) is 2.35. The summed E-state index contributed by atoms with van der Waals surface area (Å²) in [4.78, 5) is 11.0. The Morgan fingerprint density at radius 3 is 2.67 bits per heavy atom. The van der Waals surface area contributed by atoms with Gasteiger partial charge in [0, 0.05) is 15.1 Å². The number of carbonyl (C=O) groups excluding carboxylic acids is 1. The van der Waals surface area contributed by atoms with Crippen LogP contribution in [0.25, 0.3) is 0 Å². The average molecular weight is 168 g/mol. The molecule has 0 saturated carbocycles. The number of nitrogens with one attached hydrogen (secondary N) is 2. The van der Waals surface area contributed by atoms with Gasteiger partial charge in [0.05, 0.1) is 0 Å². The normalized spacial score (nSPS) is 9.08. The highest BCUT2D eigenvalue weighted by Gasteiger charge is 1.96. The van der Waals surface area contributed by atoms with Gasteiger partial charge in [0.2, 0.25) is 0 Å². The van der Waals surface area contributed by atoms with Crippen LogP contribution >= 0.6 is 0 Å². The summed E-state index contributed by atoms with van der Waals surface area (Å²) in [5.41, 5.74) is 0.809. The van der Waals surface area contributed by atoms with Crippen molar-refractivity contribution in [2.45, 2.75) is 6.92 Å². The first kappa shape index (κ1) is 8.59. The zero-order valence-electron chi connectivity index (χ0n) is 7.00. The zero-order chi connectivity index (χ0) is 8.81. The fourth-order valence-electron chi connectivity index (χ4n) is 0.857. The largest absolute Gasteiger partial charge is 0.338 e. The van der Waals surface area contributed by atoms with E-state index in [1.54, 1.807) is 0 Å². The Kier molecular flexibility index (Phi) is 3.14. The van der Waals surface area contributed by atoms with E-state index in [9.17, 15) is 4.79 Å². The lowest BCUT2D eigenvalue weighted by atomic mass is 10.3. The summed E-state index contributed by atoms with van der Waals surface area (Å²) in [5.74, 6) is 0. The summed E-state index contributed by atoms with van der Waals surface area (Å²) in [6.07, 6.45) is 0. The maximum absolute atomic E-state index is 11.0. The lowest BCUT2D eigenvalue weighted by molar-refractivity contribution is 0.252. The van der Waals surface area contributed by atoms with Gasteiger partial charge in [0.15, 0.2) is 0 Å². The van der Waals surface area contributed by atoms with Crippen molar-refractivity contribution < 1.29 is 7.65 Å². The molecule has 12 heavy (non-hydrogen) atoms. The Labute approximate surface area is 74.8 Å². The van der Waals surface area contributed by atoms with Gasteiger partial charge in [-0.2, -0.15) is 0 Å². The van der Waals surface area contributed by atoms with Gasteiger partial charge >= 0.3 is 6.03 Å². The Balaban J connectivity index is 0. The number of rotatable bonds is 2. The van der Waals surface area contributed by atoms with E-state index in [1.165, 1.54) is 0 Å². The molecule has 0 saturated heterocycles. The zero-order valence-corrected chi connectivity index (χ0v) is 7.00. The minimum absolute atomic E-state index is 0. The predicted octanol–water partition coefficient (Wildman–Crippen LogP) is 2.32. The molecule has 0 spiro atoms. The molecular weight excluding hydrogens is 152 g/mol. The number of hydrogen-bond acceptors (Lipinski definition) is 1. The van der Waals surface area contributed by atoms with Gasteiger partial charge in [0.25, 0.3) is 0 Å². The van der Waals surface area contributed by atoms with Crippen LogP contribution in [0.5, 0.6) is 0 Å². The molecule has 2 N–H and O–H groups in total. The highest BCUT2D eigenvalue weighted by Crippen LogP contribution is 2.03. The van der Waals surface area contributed by atoms with Crippen LogP contribution in [0.2, 0.25) is 0 Å². The fourth-order valence-corrected chi connectivity index (χ4v) is 0.857. The number of carbonyl (C=O) groups is 1. The Hall–Kier alpha value is -1.51.